The molecule has 0 saturated heterocycles. The van der Waals surface area contributed by atoms with Crippen LogP contribution in [0.3, 0.4) is 0 Å². The first-order valence-corrected chi connectivity index (χ1v) is 6.66. The quantitative estimate of drug-likeness (QED) is 0.668. The number of furan rings is 1. The number of hydrogen-bond donors (Lipinski definition) is 1. The van der Waals surface area contributed by atoms with E-state index in [1.807, 2.05) is 38.1 Å². The zero-order valence-corrected chi connectivity index (χ0v) is 11.6. The zero-order valence-electron chi connectivity index (χ0n) is 10.8. The summed E-state index contributed by atoms with van der Waals surface area (Å²) < 4.78 is 5.43. The standard InChI is InChI=1S/C12H11NO2S.C2H6/c1-8(14)11-5-6-12(15-11)9-3-2-4-10(7-9)16-13;1-2/h2-7H,13H2,1H3;1-2H3. The van der Waals surface area contributed by atoms with Gasteiger partial charge in [-0.25, -0.2) is 0 Å². The molecule has 0 unspecified atom stereocenters. The van der Waals surface area contributed by atoms with E-state index in [2.05, 4.69) is 0 Å². The normalized spacial score (nSPS) is 9.56. The molecule has 0 aliphatic carbocycles. The second-order valence-corrected chi connectivity index (χ2v) is 4.07. The third-order valence-corrected chi connectivity index (χ3v) is 2.73. The Morgan fingerprint density at radius 2 is 1.94 bits per heavy atom. The van der Waals surface area contributed by atoms with Gasteiger partial charge in [-0.05, 0) is 36.2 Å². The van der Waals surface area contributed by atoms with E-state index in [1.54, 1.807) is 12.1 Å². The van der Waals surface area contributed by atoms with Crippen molar-refractivity contribution >= 4 is 17.7 Å². The largest absolute Gasteiger partial charge is 0.453 e. The number of Topliss-reactive ketones (excluding diaryl/α,β-unsaturated/α-hetero) is 1. The first-order valence-electron chi connectivity index (χ1n) is 5.78. The molecule has 0 bridgehead atoms. The van der Waals surface area contributed by atoms with E-state index in [0.717, 1.165) is 10.5 Å². The van der Waals surface area contributed by atoms with Crippen molar-refractivity contribution in [3.05, 3.63) is 42.2 Å². The van der Waals surface area contributed by atoms with E-state index >= 15 is 0 Å². The molecule has 96 valence electrons. The average Bonchev–Trinajstić information content (AvgIpc) is 2.91. The van der Waals surface area contributed by atoms with Gasteiger partial charge < -0.3 is 4.42 Å². The molecule has 18 heavy (non-hydrogen) atoms. The Kier molecular flexibility index (Phi) is 5.68. The summed E-state index contributed by atoms with van der Waals surface area (Å²) in [6.07, 6.45) is 0. The lowest BCUT2D eigenvalue weighted by Gasteiger charge is -1.99. The fourth-order valence-corrected chi connectivity index (χ4v) is 1.76. The van der Waals surface area contributed by atoms with Gasteiger partial charge in [-0.3, -0.25) is 9.93 Å². The summed E-state index contributed by atoms with van der Waals surface area (Å²) in [5.41, 5.74) is 0.919. The Morgan fingerprint density at radius 3 is 2.50 bits per heavy atom. The maximum Gasteiger partial charge on any atom is 0.194 e. The molecule has 1 heterocycles. The molecule has 4 heteroatoms. The van der Waals surface area contributed by atoms with Gasteiger partial charge in [-0.2, -0.15) is 0 Å². The van der Waals surface area contributed by atoms with E-state index in [1.165, 1.54) is 18.9 Å². The minimum atomic E-state index is -0.0735. The monoisotopic (exact) mass is 263 g/mol. The van der Waals surface area contributed by atoms with Crippen LogP contribution in [0.4, 0.5) is 0 Å². The first kappa shape index (κ1) is 14.5. The Bertz CT molecular complexity index is 520. The summed E-state index contributed by atoms with van der Waals surface area (Å²) in [6, 6.07) is 11.1. The van der Waals surface area contributed by atoms with Crippen LogP contribution >= 0.6 is 11.9 Å². The van der Waals surface area contributed by atoms with Gasteiger partial charge in [0, 0.05) is 17.4 Å². The number of carbonyl (C=O) groups is 1. The van der Waals surface area contributed by atoms with Crippen LogP contribution < -0.4 is 5.14 Å². The average molecular weight is 263 g/mol. The Labute approximate surface area is 112 Å². The number of ketones is 1. The van der Waals surface area contributed by atoms with E-state index in [9.17, 15) is 4.79 Å². The van der Waals surface area contributed by atoms with Crippen molar-refractivity contribution in [1.29, 1.82) is 0 Å². The summed E-state index contributed by atoms with van der Waals surface area (Å²) in [5.74, 6) is 0.984. The van der Waals surface area contributed by atoms with E-state index in [4.69, 9.17) is 9.56 Å². The molecule has 1 aromatic heterocycles. The van der Waals surface area contributed by atoms with Gasteiger partial charge in [-0.15, -0.1) is 0 Å². The van der Waals surface area contributed by atoms with Gasteiger partial charge in [-0.1, -0.05) is 26.0 Å². The fraction of sp³-hybridized carbons (Fsp3) is 0.214. The summed E-state index contributed by atoms with van der Waals surface area (Å²) in [5, 5.41) is 5.48. The molecule has 2 N–H and O–H groups in total. The van der Waals surface area contributed by atoms with Crippen LogP contribution in [0.15, 0.2) is 45.7 Å². The molecule has 3 nitrogen and oxygen atoms in total. The third-order valence-electron chi connectivity index (χ3n) is 2.21. The number of rotatable bonds is 3. The predicted molar refractivity (Wildman–Crippen MR) is 75.5 cm³/mol. The van der Waals surface area contributed by atoms with Crippen LogP contribution in [0.1, 0.15) is 31.3 Å². The fourth-order valence-electron chi connectivity index (χ4n) is 1.40. The van der Waals surface area contributed by atoms with E-state index in [-0.39, 0.29) is 5.78 Å². The van der Waals surface area contributed by atoms with Crippen LogP contribution in [-0.4, -0.2) is 5.78 Å². The summed E-state index contributed by atoms with van der Waals surface area (Å²) >= 11 is 1.18. The van der Waals surface area contributed by atoms with Crippen LogP contribution in [0, 0.1) is 0 Å². The maximum atomic E-state index is 11.1. The predicted octanol–water partition coefficient (Wildman–Crippen LogP) is 4.14. The topological polar surface area (TPSA) is 56.2 Å². The molecule has 0 saturated carbocycles. The summed E-state index contributed by atoms with van der Waals surface area (Å²) in [6.45, 7) is 5.48. The lowest BCUT2D eigenvalue weighted by Crippen LogP contribution is -1.86. The smallest absolute Gasteiger partial charge is 0.194 e. The van der Waals surface area contributed by atoms with Crippen molar-refractivity contribution in [3.63, 3.8) is 0 Å². The lowest BCUT2D eigenvalue weighted by atomic mass is 10.2. The molecule has 0 spiro atoms. The minimum Gasteiger partial charge on any atom is -0.453 e. The summed E-state index contributed by atoms with van der Waals surface area (Å²) in [7, 11) is 0. The third kappa shape index (κ3) is 3.48. The lowest BCUT2D eigenvalue weighted by molar-refractivity contribution is 0.0988. The second kappa shape index (κ2) is 7.03. The maximum absolute atomic E-state index is 11.1. The van der Waals surface area contributed by atoms with Crippen molar-refractivity contribution in [3.8, 4) is 11.3 Å². The molecule has 1 aromatic carbocycles. The molecule has 2 aromatic rings. The number of benzene rings is 1. The Hall–Kier alpha value is -1.52. The van der Waals surface area contributed by atoms with Crippen molar-refractivity contribution in [2.45, 2.75) is 25.7 Å². The molecule has 2 rings (SSSR count). The summed E-state index contributed by atoms with van der Waals surface area (Å²) in [4.78, 5) is 12.1. The highest BCUT2D eigenvalue weighted by Gasteiger charge is 2.08. The molecule has 0 fully saturated rings. The highest BCUT2D eigenvalue weighted by atomic mass is 32.2. The van der Waals surface area contributed by atoms with Crippen molar-refractivity contribution < 1.29 is 9.21 Å². The van der Waals surface area contributed by atoms with Gasteiger partial charge >= 0.3 is 0 Å². The highest BCUT2D eigenvalue weighted by Crippen LogP contribution is 2.25. The Balaban J connectivity index is 0.000000771. The van der Waals surface area contributed by atoms with E-state index < -0.39 is 0 Å². The zero-order chi connectivity index (χ0) is 13.5. The number of hydrogen-bond acceptors (Lipinski definition) is 4. The number of nitrogens with two attached hydrogens (primary N) is 1. The number of carbonyl (C=O) groups excluding carboxylic acids is 1. The molecule has 0 aliphatic heterocycles. The van der Waals surface area contributed by atoms with Gasteiger partial charge in [0.25, 0.3) is 0 Å². The van der Waals surface area contributed by atoms with Crippen molar-refractivity contribution in [2.75, 3.05) is 0 Å². The van der Waals surface area contributed by atoms with Gasteiger partial charge in [0.2, 0.25) is 0 Å². The molecule has 0 amide bonds. The molecular formula is C14H17NO2S. The SMILES string of the molecule is CC.CC(=O)c1ccc(-c2cccc(SN)c2)o1. The molecule has 0 atom stereocenters. The van der Waals surface area contributed by atoms with Gasteiger partial charge in [0.15, 0.2) is 11.5 Å². The minimum absolute atomic E-state index is 0.0735. The second-order valence-electron chi connectivity index (χ2n) is 3.37. The first-order chi connectivity index (χ1) is 8.70. The van der Waals surface area contributed by atoms with E-state index in [0.29, 0.717) is 11.5 Å². The molecular weight excluding hydrogens is 246 g/mol. The molecule has 0 aliphatic rings. The molecule has 0 radical (unpaired) electrons. The van der Waals surface area contributed by atoms with Crippen molar-refractivity contribution in [2.24, 2.45) is 5.14 Å². The van der Waals surface area contributed by atoms with Crippen LogP contribution in [0.2, 0.25) is 0 Å². The van der Waals surface area contributed by atoms with Crippen LogP contribution in [-0.2, 0) is 0 Å². The highest BCUT2D eigenvalue weighted by molar-refractivity contribution is 7.97. The Morgan fingerprint density at radius 1 is 1.22 bits per heavy atom. The van der Waals surface area contributed by atoms with Crippen molar-refractivity contribution in [1.82, 2.24) is 0 Å². The van der Waals surface area contributed by atoms with Gasteiger partial charge in [0.1, 0.15) is 5.76 Å². The van der Waals surface area contributed by atoms with Crippen LogP contribution in [0.5, 0.6) is 0 Å². The van der Waals surface area contributed by atoms with Gasteiger partial charge in [0.05, 0.1) is 0 Å². The van der Waals surface area contributed by atoms with Crippen LogP contribution in [0.25, 0.3) is 11.3 Å².